The van der Waals surface area contributed by atoms with Gasteiger partial charge in [-0.15, -0.1) is 22.9 Å². The predicted octanol–water partition coefficient (Wildman–Crippen LogP) is 6.76. The van der Waals surface area contributed by atoms with E-state index in [-0.39, 0.29) is 5.56 Å². The van der Waals surface area contributed by atoms with E-state index in [1.165, 1.54) is 17.4 Å². The molecule has 0 bridgehead atoms. The van der Waals surface area contributed by atoms with E-state index in [0.29, 0.717) is 15.4 Å². The van der Waals surface area contributed by atoms with E-state index in [2.05, 4.69) is 31.9 Å². The van der Waals surface area contributed by atoms with E-state index in [1.807, 2.05) is 0 Å². The summed E-state index contributed by atoms with van der Waals surface area (Å²) in [4.78, 5) is 0. The summed E-state index contributed by atoms with van der Waals surface area (Å²) < 4.78 is 53.4. The van der Waals surface area contributed by atoms with Crippen molar-refractivity contribution in [2.45, 2.75) is 11.6 Å². The van der Waals surface area contributed by atoms with Crippen LogP contribution in [0.1, 0.15) is 22.1 Å². The van der Waals surface area contributed by atoms with Crippen molar-refractivity contribution in [3.05, 3.63) is 54.3 Å². The fourth-order valence-electron chi connectivity index (χ4n) is 1.66. The van der Waals surface area contributed by atoms with Gasteiger partial charge in [-0.3, -0.25) is 0 Å². The van der Waals surface area contributed by atoms with Crippen molar-refractivity contribution in [2.75, 3.05) is 0 Å². The molecule has 2 aromatic rings. The van der Waals surface area contributed by atoms with Crippen molar-refractivity contribution < 1.29 is 17.6 Å². The minimum Gasteiger partial charge on any atom is -0.206 e. The fraction of sp³-hybridized carbons (Fsp3) is 0.167. The van der Waals surface area contributed by atoms with Crippen LogP contribution in [0.3, 0.4) is 0 Å². The van der Waals surface area contributed by atoms with E-state index in [9.17, 15) is 17.6 Å². The third-order valence-electron chi connectivity index (χ3n) is 2.56. The van der Waals surface area contributed by atoms with E-state index in [1.54, 1.807) is 6.07 Å². The third-order valence-corrected chi connectivity index (χ3v) is 5.42. The van der Waals surface area contributed by atoms with Crippen LogP contribution in [-0.2, 0) is 6.18 Å². The first-order valence-electron chi connectivity index (χ1n) is 5.16. The van der Waals surface area contributed by atoms with Crippen molar-refractivity contribution in [2.24, 2.45) is 0 Å². The van der Waals surface area contributed by atoms with Gasteiger partial charge in [-0.05, 0) is 44.0 Å². The predicted molar refractivity (Wildman–Crippen MR) is 78.8 cm³/mol. The highest BCUT2D eigenvalue weighted by atomic mass is 79.9. The van der Waals surface area contributed by atoms with Crippen LogP contribution < -0.4 is 0 Å². The quantitative estimate of drug-likeness (QED) is 0.349. The fourth-order valence-corrected chi connectivity index (χ4v) is 5.10. The van der Waals surface area contributed by atoms with E-state index in [0.717, 1.165) is 9.85 Å². The number of rotatable bonds is 2. The molecule has 0 radical (unpaired) electrons. The zero-order valence-corrected chi connectivity index (χ0v) is 14.2. The zero-order valence-electron chi connectivity index (χ0n) is 9.44. The lowest BCUT2D eigenvalue weighted by atomic mass is 10.0. The molecule has 1 unspecified atom stereocenters. The molecule has 20 heavy (non-hydrogen) atoms. The van der Waals surface area contributed by atoms with Crippen molar-refractivity contribution in [3.63, 3.8) is 0 Å². The molecule has 0 aliphatic heterocycles. The lowest BCUT2D eigenvalue weighted by Crippen LogP contribution is -2.10. The van der Waals surface area contributed by atoms with Crippen LogP contribution in [0.2, 0.25) is 0 Å². The SMILES string of the molecule is Fc1c(C(Cl)c2cc(Br)sc2Br)cccc1C(F)(F)F. The minimum absolute atomic E-state index is 0.201. The van der Waals surface area contributed by atoms with Gasteiger partial charge in [0, 0.05) is 11.1 Å². The van der Waals surface area contributed by atoms with Crippen molar-refractivity contribution in [1.29, 1.82) is 0 Å². The molecule has 108 valence electrons. The Labute approximate surface area is 138 Å². The molecule has 0 N–H and O–H groups in total. The molecule has 0 aliphatic rings. The molecule has 1 aromatic carbocycles. The molecular formula is C12H5Br2ClF4S. The van der Waals surface area contributed by atoms with Crippen LogP contribution in [-0.4, -0.2) is 0 Å². The first kappa shape index (κ1) is 16.3. The number of thiophene rings is 1. The van der Waals surface area contributed by atoms with Crippen LogP contribution in [0.15, 0.2) is 31.8 Å². The molecule has 0 saturated heterocycles. The number of benzene rings is 1. The molecule has 0 amide bonds. The summed E-state index contributed by atoms with van der Waals surface area (Å²) in [5.41, 5.74) is -1.000. The van der Waals surface area contributed by atoms with Gasteiger partial charge in [0.15, 0.2) is 0 Å². The van der Waals surface area contributed by atoms with Gasteiger partial charge >= 0.3 is 6.18 Å². The number of hydrogen-bond donors (Lipinski definition) is 0. The minimum atomic E-state index is -4.75. The first-order chi connectivity index (χ1) is 9.21. The summed E-state index contributed by atoms with van der Waals surface area (Å²) in [6, 6.07) is 4.74. The molecule has 1 aromatic heterocycles. The Kier molecular flexibility index (Phi) is 4.83. The molecule has 0 nitrogen and oxygen atoms in total. The molecule has 0 fully saturated rings. The summed E-state index contributed by atoms with van der Waals surface area (Å²) in [6.45, 7) is 0. The van der Waals surface area contributed by atoms with Crippen LogP contribution in [0.4, 0.5) is 17.6 Å². The van der Waals surface area contributed by atoms with Crippen LogP contribution in [0, 0.1) is 5.82 Å². The average molecular weight is 452 g/mol. The van der Waals surface area contributed by atoms with Crippen LogP contribution in [0.5, 0.6) is 0 Å². The zero-order chi connectivity index (χ0) is 15.1. The average Bonchev–Trinajstić information content (AvgIpc) is 2.66. The topological polar surface area (TPSA) is 0 Å². The molecule has 0 saturated carbocycles. The summed E-state index contributed by atoms with van der Waals surface area (Å²) in [5.74, 6) is -1.34. The second kappa shape index (κ2) is 5.94. The Morgan fingerprint density at radius 1 is 1.15 bits per heavy atom. The second-order valence-electron chi connectivity index (χ2n) is 3.85. The number of hydrogen-bond acceptors (Lipinski definition) is 1. The lowest BCUT2D eigenvalue weighted by Gasteiger charge is -2.14. The van der Waals surface area contributed by atoms with Gasteiger partial charge in [-0.2, -0.15) is 13.2 Å². The van der Waals surface area contributed by atoms with Crippen molar-refractivity contribution >= 4 is 54.8 Å². The van der Waals surface area contributed by atoms with E-state index < -0.39 is 22.9 Å². The highest BCUT2D eigenvalue weighted by molar-refractivity contribution is 9.12. The maximum Gasteiger partial charge on any atom is 0.419 e. The first-order valence-corrected chi connectivity index (χ1v) is 8.00. The molecule has 0 spiro atoms. The van der Waals surface area contributed by atoms with Gasteiger partial charge in [0.1, 0.15) is 5.82 Å². The smallest absolute Gasteiger partial charge is 0.206 e. The monoisotopic (exact) mass is 450 g/mol. The van der Waals surface area contributed by atoms with Gasteiger partial charge < -0.3 is 0 Å². The Balaban J connectivity index is 2.51. The molecule has 8 heteroatoms. The summed E-state index contributed by atoms with van der Waals surface area (Å²) in [7, 11) is 0. The van der Waals surface area contributed by atoms with Gasteiger partial charge in [0.05, 0.1) is 18.5 Å². The van der Waals surface area contributed by atoms with Crippen molar-refractivity contribution in [1.82, 2.24) is 0 Å². The summed E-state index contributed by atoms with van der Waals surface area (Å²) in [5, 5.41) is -1.01. The van der Waals surface area contributed by atoms with Gasteiger partial charge in [0.2, 0.25) is 0 Å². The van der Waals surface area contributed by atoms with Gasteiger partial charge in [-0.1, -0.05) is 12.1 Å². The molecule has 1 heterocycles. The molecule has 0 aliphatic carbocycles. The Morgan fingerprint density at radius 2 is 1.80 bits per heavy atom. The van der Waals surface area contributed by atoms with E-state index in [4.69, 9.17) is 11.6 Å². The normalized spacial score (nSPS) is 13.6. The third kappa shape index (κ3) is 3.21. The molecule has 2 rings (SSSR count). The van der Waals surface area contributed by atoms with Crippen molar-refractivity contribution in [3.8, 4) is 0 Å². The molecular weight excluding hydrogens is 447 g/mol. The van der Waals surface area contributed by atoms with E-state index >= 15 is 0 Å². The lowest BCUT2D eigenvalue weighted by molar-refractivity contribution is -0.140. The maximum atomic E-state index is 14.0. The van der Waals surface area contributed by atoms with Gasteiger partial charge in [0.25, 0.3) is 0 Å². The summed E-state index contributed by atoms with van der Waals surface area (Å²) in [6.07, 6.45) is -4.75. The highest BCUT2D eigenvalue weighted by Gasteiger charge is 2.36. The standard InChI is InChI=1S/C12H5Br2ClF4S/c13-8-4-6(11(14)20-8)9(15)5-2-1-3-7(10(5)16)12(17,18)19/h1-4,9H. The van der Waals surface area contributed by atoms with Crippen LogP contribution in [0.25, 0.3) is 0 Å². The second-order valence-corrected chi connectivity index (χ2v) is 8.03. The largest absolute Gasteiger partial charge is 0.419 e. The maximum absolute atomic E-state index is 14.0. The Hall–Kier alpha value is -0.110. The number of alkyl halides is 4. The Bertz CT molecular complexity index is 639. The Morgan fingerprint density at radius 3 is 2.30 bits per heavy atom. The molecule has 1 atom stereocenters. The summed E-state index contributed by atoms with van der Waals surface area (Å²) >= 11 is 13.9. The van der Waals surface area contributed by atoms with Gasteiger partial charge in [-0.25, -0.2) is 4.39 Å². The number of halogens is 7. The highest BCUT2D eigenvalue weighted by Crippen LogP contribution is 2.43. The van der Waals surface area contributed by atoms with Crippen LogP contribution >= 0.6 is 54.8 Å².